The van der Waals surface area contributed by atoms with Gasteiger partial charge < -0.3 is 10.6 Å². The first-order valence-electron chi connectivity index (χ1n) is 8.76. The van der Waals surface area contributed by atoms with Crippen LogP contribution in [0.2, 0.25) is 0 Å². The van der Waals surface area contributed by atoms with Crippen LogP contribution in [-0.2, 0) is 17.9 Å². The first kappa shape index (κ1) is 22.4. The molecule has 0 aliphatic rings. The highest BCUT2D eigenvalue weighted by Crippen LogP contribution is 2.13. The Morgan fingerprint density at radius 3 is 2.28 bits per heavy atom. The molecule has 2 rings (SSSR count). The van der Waals surface area contributed by atoms with Crippen LogP contribution in [0.15, 0.2) is 48.5 Å². The van der Waals surface area contributed by atoms with Crippen molar-refractivity contribution in [1.29, 1.82) is 0 Å². The lowest BCUT2D eigenvalue weighted by Crippen LogP contribution is -2.34. The molecule has 0 bridgehead atoms. The molecule has 0 aliphatic heterocycles. The van der Waals surface area contributed by atoms with Gasteiger partial charge in [-0.1, -0.05) is 30.3 Å². The molecule has 2 aromatic carbocycles. The molecule has 0 unspecified atom stereocenters. The summed E-state index contributed by atoms with van der Waals surface area (Å²) in [6, 6.07) is 12.2. The molecule has 2 aromatic rings. The van der Waals surface area contributed by atoms with Crippen LogP contribution in [0.25, 0.3) is 0 Å². The molecule has 156 valence electrons. The zero-order chi connectivity index (χ0) is 21.4. The van der Waals surface area contributed by atoms with Crippen LogP contribution < -0.4 is 10.6 Å². The van der Waals surface area contributed by atoms with E-state index in [2.05, 4.69) is 5.32 Å². The maximum absolute atomic E-state index is 13.5. The van der Waals surface area contributed by atoms with E-state index in [0.29, 0.717) is 12.1 Å². The van der Waals surface area contributed by atoms with Crippen molar-refractivity contribution < 1.29 is 27.2 Å². The maximum atomic E-state index is 13.5. The summed E-state index contributed by atoms with van der Waals surface area (Å²) in [5.74, 6) is -1.48. The lowest BCUT2D eigenvalue weighted by atomic mass is 10.1. The number of carbonyl (C=O) groups excluding carboxylic acids is 2. The summed E-state index contributed by atoms with van der Waals surface area (Å²) in [5, 5.41) is 4.44. The fourth-order valence-electron chi connectivity index (χ4n) is 2.55. The largest absolute Gasteiger partial charge is 0.405 e. The van der Waals surface area contributed by atoms with Gasteiger partial charge in [-0.25, -0.2) is 4.39 Å². The number of hydrogen-bond donors (Lipinski definition) is 2. The quantitative estimate of drug-likeness (QED) is 0.657. The number of nitrogens with zero attached hydrogens (tertiary/aromatic N) is 1. The van der Waals surface area contributed by atoms with Gasteiger partial charge in [0.1, 0.15) is 12.4 Å². The molecule has 0 saturated carbocycles. The number of hydrogen-bond acceptors (Lipinski definition) is 3. The number of likely N-dealkylation sites (N-methyl/N-ethyl adjacent to an activating group) is 1. The second-order valence-corrected chi connectivity index (χ2v) is 6.54. The van der Waals surface area contributed by atoms with Crippen LogP contribution >= 0.6 is 0 Å². The van der Waals surface area contributed by atoms with E-state index in [-0.39, 0.29) is 30.4 Å². The van der Waals surface area contributed by atoms with Crippen LogP contribution in [0.1, 0.15) is 21.5 Å². The Balaban J connectivity index is 1.79. The maximum Gasteiger partial charge on any atom is 0.405 e. The standard InChI is InChI=1S/C20H21F4N3O2/c1-27(12-18(28)25-10-16-4-2-3-5-17(16)21)11-14-6-8-15(9-7-14)19(29)26-13-20(22,23)24/h2-9H,10-13H2,1H3,(H,25,28)(H,26,29). The molecule has 0 aromatic heterocycles. The first-order valence-corrected chi connectivity index (χ1v) is 8.76. The topological polar surface area (TPSA) is 61.4 Å². The second kappa shape index (κ2) is 10.0. The number of rotatable bonds is 8. The molecule has 0 radical (unpaired) electrons. The molecule has 0 atom stereocenters. The predicted octanol–water partition coefficient (Wildman–Crippen LogP) is 2.87. The Morgan fingerprint density at radius 2 is 1.66 bits per heavy atom. The Bertz CT molecular complexity index is 838. The van der Waals surface area contributed by atoms with E-state index in [0.717, 1.165) is 5.56 Å². The van der Waals surface area contributed by atoms with Gasteiger partial charge >= 0.3 is 6.18 Å². The van der Waals surface area contributed by atoms with Gasteiger partial charge in [-0.05, 0) is 30.8 Å². The van der Waals surface area contributed by atoms with E-state index in [1.807, 2.05) is 0 Å². The van der Waals surface area contributed by atoms with Gasteiger partial charge in [0, 0.05) is 24.2 Å². The molecule has 9 heteroatoms. The van der Waals surface area contributed by atoms with Crippen molar-refractivity contribution in [3.8, 4) is 0 Å². The number of nitrogens with one attached hydrogen (secondary N) is 2. The fourth-order valence-corrected chi connectivity index (χ4v) is 2.55. The number of carbonyl (C=O) groups is 2. The van der Waals surface area contributed by atoms with Crippen molar-refractivity contribution in [2.24, 2.45) is 0 Å². The minimum atomic E-state index is -4.47. The number of halogens is 4. The molecule has 5 nitrogen and oxygen atoms in total. The van der Waals surface area contributed by atoms with Crippen LogP contribution in [0.4, 0.5) is 17.6 Å². The lowest BCUT2D eigenvalue weighted by Gasteiger charge is -2.17. The van der Waals surface area contributed by atoms with Gasteiger partial charge in [-0.15, -0.1) is 0 Å². The molecule has 0 fully saturated rings. The predicted molar refractivity (Wildman–Crippen MR) is 99.4 cm³/mol. The molecular formula is C20H21F4N3O2. The highest BCUT2D eigenvalue weighted by molar-refractivity contribution is 5.94. The van der Waals surface area contributed by atoms with Crippen molar-refractivity contribution in [3.05, 3.63) is 71.0 Å². The van der Waals surface area contributed by atoms with Gasteiger partial charge in [0.05, 0.1) is 6.54 Å². The lowest BCUT2D eigenvalue weighted by molar-refractivity contribution is -0.123. The summed E-state index contributed by atoms with van der Waals surface area (Å²) in [5.41, 5.74) is 1.29. The molecule has 0 spiro atoms. The molecule has 0 heterocycles. The molecular weight excluding hydrogens is 390 g/mol. The van der Waals surface area contributed by atoms with Gasteiger partial charge in [-0.3, -0.25) is 14.5 Å². The summed E-state index contributed by atoms with van der Waals surface area (Å²) >= 11 is 0. The molecule has 0 saturated heterocycles. The molecule has 2 amide bonds. The molecule has 0 aliphatic carbocycles. The third-order valence-corrected chi connectivity index (χ3v) is 3.97. The SMILES string of the molecule is CN(CC(=O)NCc1ccccc1F)Cc1ccc(C(=O)NCC(F)(F)F)cc1. The Kier molecular flexibility index (Phi) is 7.72. The van der Waals surface area contributed by atoms with Gasteiger partial charge in [0.2, 0.25) is 5.91 Å². The van der Waals surface area contributed by atoms with Crippen molar-refractivity contribution in [2.45, 2.75) is 19.3 Å². The number of amides is 2. The van der Waals surface area contributed by atoms with Gasteiger partial charge in [-0.2, -0.15) is 13.2 Å². The number of alkyl halides is 3. The summed E-state index contributed by atoms with van der Waals surface area (Å²) in [6.07, 6.45) is -4.47. The van der Waals surface area contributed by atoms with Gasteiger partial charge in [0.15, 0.2) is 0 Å². The van der Waals surface area contributed by atoms with Crippen molar-refractivity contribution in [3.63, 3.8) is 0 Å². The average molecular weight is 411 g/mol. The summed E-state index contributed by atoms with van der Waals surface area (Å²) in [4.78, 5) is 25.4. The van der Waals surface area contributed by atoms with E-state index in [9.17, 15) is 27.2 Å². The number of benzene rings is 2. The normalized spacial score (nSPS) is 11.4. The Morgan fingerprint density at radius 1 is 1.00 bits per heavy atom. The first-order chi connectivity index (χ1) is 13.6. The zero-order valence-corrected chi connectivity index (χ0v) is 15.7. The van der Waals surface area contributed by atoms with E-state index in [1.54, 1.807) is 47.6 Å². The third kappa shape index (κ3) is 7.90. The molecule has 2 N–H and O–H groups in total. The Labute approximate surface area is 165 Å². The van der Waals surface area contributed by atoms with Crippen molar-refractivity contribution >= 4 is 11.8 Å². The highest BCUT2D eigenvalue weighted by Gasteiger charge is 2.27. The van der Waals surface area contributed by atoms with Crippen molar-refractivity contribution in [2.75, 3.05) is 20.1 Å². The summed E-state index contributed by atoms with van der Waals surface area (Å²) in [6.45, 7) is -0.848. The second-order valence-electron chi connectivity index (χ2n) is 6.54. The average Bonchev–Trinajstić information content (AvgIpc) is 2.65. The van der Waals surface area contributed by atoms with E-state index < -0.39 is 18.6 Å². The smallest absolute Gasteiger partial charge is 0.351 e. The minimum absolute atomic E-state index is 0.0717. The van der Waals surface area contributed by atoms with Crippen LogP contribution in [-0.4, -0.2) is 43.0 Å². The van der Waals surface area contributed by atoms with E-state index >= 15 is 0 Å². The van der Waals surface area contributed by atoms with Crippen molar-refractivity contribution in [1.82, 2.24) is 15.5 Å². The fraction of sp³-hybridized carbons (Fsp3) is 0.300. The summed E-state index contributed by atoms with van der Waals surface area (Å²) in [7, 11) is 1.71. The highest BCUT2D eigenvalue weighted by atomic mass is 19.4. The minimum Gasteiger partial charge on any atom is -0.351 e. The van der Waals surface area contributed by atoms with Crippen LogP contribution in [0.3, 0.4) is 0 Å². The molecule has 29 heavy (non-hydrogen) atoms. The summed E-state index contributed by atoms with van der Waals surface area (Å²) < 4.78 is 50.0. The third-order valence-electron chi connectivity index (χ3n) is 3.97. The van der Waals surface area contributed by atoms with Gasteiger partial charge in [0.25, 0.3) is 5.91 Å². The van der Waals surface area contributed by atoms with Crippen LogP contribution in [0.5, 0.6) is 0 Å². The van der Waals surface area contributed by atoms with E-state index in [4.69, 9.17) is 0 Å². The van der Waals surface area contributed by atoms with Crippen LogP contribution in [0, 0.1) is 5.82 Å². The zero-order valence-electron chi connectivity index (χ0n) is 15.7. The van der Waals surface area contributed by atoms with E-state index in [1.165, 1.54) is 18.2 Å². The monoisotopic (exact) mass is 411 g/mol. The Hall–Kier alpha value is -2.94.